The van der Waals surface area contributed by atoms with Crippen LogP contribution in [0, 0.1) is 0 Å². The number of aliphatic hydroxyl groups excluding tert-OH is 1. The first-order chi connectivity index (χ1) is 14.1. The minimum absolute atomic E-state index is 0.314. The Hall–Kier alpha value is -2.37. The lowest BCUT2D eigenvalue weighted by molar-refractivity contribution is 0.0580. The van der Waals surface area contributed by atoms with Crippen molar-refractivity contribution in [3.63, 3.8) is 0 Å². The Bertz CT molecular complexity index is 896. The monoisotopic (exact) mass is 394 g/mol. The lowest BCUT2D eigenvalue weighted by Crippen LogP contribution is -2.40. The number of rotatable bonds is 7. The number of piperidine rings is 1. The van der Waals surface area contributed by atoms with Crippen LogP contribution >= 0.6 is 0 Å². The van der Waals surface area contributed by atoms with Gasteiger partial charge in [0.25, 0.3) is 0 Å². The number of aliphatic hydroxyl groups is 1. The minimum Gasteiger partial charge on any atom is -0.491 e. The summed E-state index contributed by atoms with van der Waals surface area (Å²) in [6, 6.07) is 16.0. The summed E-state index contributed by atoms with van der Waals surface area (Å²) in [7, 11) is 0. The number of nitrogens with zero attached hydrogens (tertiary/aromatic N) is 2. The molecule has 0 aliphatic carbocycles. The fourth-order valence-electron chi connectivity index (χ4n) is 4.05. The van der Waals surface area contributed by atoms with Crippen LogP contribution in [0.4, 0.5) is 0 Å². The summed E-state index contributed by atoms with van der Waals surface area (Å²) in [5.74, 6) is 2.47. The van der Waals surface area contributed by atoms with Crippen LogP contribution in [-0.2, 0) is 0 Å². The molecular formula is C24H30N2O3. The van der Waals surface area contributed by atoms with Gasteiger partial charge in [0.15, 0.2) is 11.5 Å². The van der Waals surface area contributed by atoms with Crippen molar-refractivity contribution in [2.75, 3.05) is 26.2 Å². The van der Waals surface area contributed by atoms with Crippen LogP contribution in [0.15, 0.2) is 52.9 Å². The van der Waals surface area contributed by atoms with Crippen LogP contribution in [-0.4, -0.2) is 47.3 Å². The third kappa shape index (κ3) is 4.80. The van der Waals surface area contributed by atoms with Crippen LogP contribution in [0.3, 0.4) is 0 Å². The van der Waals surface area contributed by atoms with Gasteiger partial charge in [-0.1, -0.05) is 44.2 Å². The van der Waals surface area contributed by atoms with E-state index in [1.54, 1.807) is 0 Å². The van der Waals surface area contributed by atoms with Gasteiger partial charge in [-0.05, 0) is 55.6 Å². The van der Waals surface area contributed by atoms with E-state index in [0.29, 0.717) is 25.0 Å². The highest BCUT2D eigenvalue weighted by molar-refractivity contribution is 5.72. The van der Waals surface area contributed by atoms with Crippen molar-refractivity contribution in [2.45, 2.75) is 44.6 Å². The molecule has 0 bridgehead atoms. The summed E-state index contributed by atoms with van der Waals surface area (Å²) in [6.07, 6.45) is 1.49. The summed E-state index contributed by atoms with van der Waals surface area (Å²) in [5, 5.41) is 10.5. The zero-order valence-corrected chi connectivity index (χ0v) is 17.3. The smallest absolute Gasteiger partial charge is 0.198 e. The van der Waals surface area contributed by atoms with E-state index in [0.717, 1.165) is 48.7 Å². The molecule has 1 aromatic heterocycles. The van der Waals surface area contributed by atoms with Crippen LogP contribution < -0.4 is 4.74 Å². The third-order valence-electron chi connectivity index (χ3n) is 5.69. The van der Waals surface area contributed by atoms with Gasteiger partial charge in [-0.25, -0.2) is 4.98 Å². The van der Waals surface area contributed by atoms with Crippen LogP contribution in [0.5, 0.6) is 5.75 Å². The second kappa shape index (κ2) is 8.97. The second-order valence-corrected chi connectivity index (χ2v) is 8.25. The summed E-state index contributed by atoms with van der Waals surface area (Å²) in [6.45, 7) is 7.12. The summed E-state index contributed by atoms with van der Waals surface area (Å²) in [4.78, 5) is 6.96. The zero-order chi connectivity index (χ0) is 20.2. The van der Waals surface area contributed by atoms with E-state index >= 15 is 0 Å². The molecule has 2 heterocycles. The molecule has 1 atom stereocenters. The molecule has 5 nitrogen and oxygen atoms in total. The molecule has 1 aliphatic rings. The molecule has 1 saturated heterocycles. The average Bonchev–Trinajstić information content (AvgIpc) is 3.17. The van der Waals surface area contributed by atoms with Gasteiger partial charge in [0, 0.05) is 12.5 Å². The van der Waals surface area contributed by atoms with Gasteiger partial charge in [0.2, 0.25) is 0 Å². The van der Waals surface area contributed by atoms with Crippen molar-refractivity contribution < 1.29 is 14.3 Å². The Balaban J connectivity index is 1.26. The number of β-amino-alcohol motifs (C(OH)–C–C–N with tert-alkyl or cyclic N) is 1. The Morgan fingerprint density at radius 1 is 1.10 bits per heavy atom. The van der Waals surface area contributed by atoms with Gasteiger partial charge in [-0.2, -0.15) is 0 Å². The summed E-state index contributed by atoms with van der Waals surface area (Å²) >= 11 is 0. The van der Waals surface area contributed by atoms with Crippen LogP contribution in [0.2, 0.25) is 0 Å². The van der Waals surface area contributed by atoms with Crippen LogP contribution in [0.25, 0.3) is 11.1 Å². The van der Waals surface area contributed by atoms with Gasteiger partial charge in [-0.3, -0.25) is 0 Å². The third-order valence-corrected chi connectivity index (χ3v) is 5.69. The number of fused-ring (bicyclic) bond motifs is 1. The molecule has 154 valence electrons. The van der Waals surface area contributed by atoms with Crippen LogP contribution in [0.1, 0.15) is 50.0 Å². The van der Waals surface area contributed by atoms with Gasteiger partial charge in [0.05, 0.1) is 0 Å². The van der Waals surface area contributed by atoms with Crippen molar-refractivity contribution in [2.24, 2.45) is 0 Å². The Labute approximate surface area is 172 Å². The van der Waals surface area contributed by atoms with E-state index in [1.165, 1.54) is 5.56 Å². The molecule has 4 rings (SSSR count). The Morgan fingerprint density at radius 2 is 1.83 bits per heavy atom. The lowest BCUT2D eigenvalue weighted by Gasteiger charge is -2.31. The number of hydrogen-bond donors (Lipinski definition) is 1. The van der Waals surface area contributed by atoms with E-state index in [-0.39, 0.29) is 0 Å². The molecule has 5 heteroatoms. The molecule has 29 heavy (non-hydrogen) atoms. The molecule has 1 N–H and O–H groups in total. The highest BCUT2D eigenvalue weighted by atomic mass is 16.5. The number of aromatic nitrogens is 1. The predicted octanol–water partition coefficient (Wildman–Crippen LogP) is 4.57. The number of benzene rings is 2. The van der Waals surface area contributed by atoms with Crippen molar-refractivity contribution >= 4 is 11.1 Å². The zero-order valence-electron chi connectivity index (χ0n) is 17.3. The average molecular weight is 395 g/mol. The highest BCUT2D eigenvalue weighted by Gasteiger charge is 2.26. The lowest BCUT2D eigenvalue weighted by atomic mass is 9.96. The molecule has 0 amide bonds. The number of para-hydroxylation sites is 3. The second-order valence-electron chi connectivity index (χ2n) is 8.25. The first-order valence-corrected chi connectivity index (χ1v) is 10.6. The molecule has 1 fully saturated rings. The molecule has 0 spiro atoms. The van der Waals surface area contributed by atoms with E-state index in [4.69, 9.17) is 9.15 Å². The van der Waals surface area contributed by atoms with E-state index < -0.39 is 6.10 Å². The number of hydrogen-bond acceptors (Lipinski definition) is 5. The maximum Gasteiger partial charge on any atom is 0.198 e. The van der Waals surface area contributed by atoms with E-state index in [1.807, 2.05) is 42.5 Å². The maximum absolute atomic E-state index is 10.5. The molecule has 0 saturated carbocycles. The van der Waals surface area contributed by atoms with Gasteiger partial charge < -0.3 is 19.2 Å². The SMILES string of the molecule is CC(C)c1ccccc1OCC(O)CN1CCC(c2nc3ccccc3o2)CC1. The predicted molar refractivity (Wildman–Crippen MR) is 114 cm³/mol. The molecule has 1 unspecified atom stereocenters. The maximum atomic E-state index is 10.5. The fourth-order valence-corrected chi connectivity index (χ4v) is 4.05. The Kier molecular flexibility index (Phi) is 6.16. The normalized spacial score (nSPS) is 17.1. The first kappa shape index (κ1) is 19.9. The molecule has 0 radical (unpaired) electrons. The van der Waals surface area contributed by atoms with E-state index in [2.05, 4.69) is 29.8 Å². The standard InChI is InChI=1S/C24H30N2O3/c1-17(2)20-7-3-5-9-22(20)28-16-19(27)15-26-13-11-18(12-14-26)24-25-21-8-4-6-10-23(21)29-24/h3-10,17-19,27H,11-16H2,1-2H3. The number of likely N-dealkylation sites (tertiary alicyclic amines) is 1. The topological polar surface area (TPSA) is 58.7 Å². The summed E-state index contributed by atoms with van der Waals surface area (Å²) < 4.78 is 11.9. The quantitative estimate of drug-likeness (QED) is 0.636. The Morgan fingerprint density at radius 3 is 2.59 bits per heavy atom. The number of ether oxygens (including phenoxy) is 1. The highest BCUT2D eigenvalue weighted by Crippen LogP contribution is 2.30. The summed E-state index contributed by atoms with van der Waals surface area (Å²) in [5.41, 5.74) is 2.97. The van der Waals surface area contributed by atoms with Crippen molar-refractivity contribution in [3.8, 4) is 5.75 Å². The minimum atomic E-state index is -0.504. The van der Waals surface area contributed by atoms with Crippen molar-refractivity contribution in [1.82, 2.24) is 9.88 Å². The molecule has 2 aromatic carbocycles. The fraction of sp³-hybridized carbons (Fsp3) is 0.458. The van der Waals surface area contributed by atoms with Gasteiger partial charge in [-0.15, -0.1) is 0 Å². The van der Waals surface area contributed by atoms with Crippen molar-refractivity contribution in [1.29, 1.82) is 0 Å². The van der Waals surface area contributed by atoms with Gasteiger partial charge in [0.1, 0.15) is 24.0 Å². The first-order valence-electron chi connectivity index (χ1n) is 10.6. The number of oxazole rings is 1. The van der Waals surface area contributed by atoms with E-state index in [9.17, 15) is 5.11 Å². The molecule has 3 aromatic rings. The molecule has 1 aliphatic heterocycles. The molecular weight excluding hydrogens is 364 g/mol. The van der Waals surface area contributed by atoms with Gasteiger partial charge >= 0.3 is 0 Å². The largest absolute Gasteiger partial charge is 0.491 e. The van der Waals surface area contributed by atoms with Crippen molar-refractivity contribution in [3.05, 3.63) is 60.0 Å².